The predicted octanol–water partition coefficient (Wildman–Crippen LogP) is 4.75. The number of hydrogen-bond acceptors (Lipinski definition) is 2. The van der Waals surface area contributed by atoms with E-state index in [1.54, 1.807) is 0 Å². The van der Waals surface area contributed by atoms with Gasteiger partial charge in [0.05, 0.1) is 6.10 Å². The van der Waals surface area contributed by atoms with Crippen molar-refractivity contribution in [3.63, 3.8) is 0 Å². The van der Waals surface area contributed by atoms with Crippen LogP contribution in [0.5, 0.6) is 0 Å². The normalized spacial score (nSPS) is 17.8. The second-order valence-corrected chi connectivity index (χ2v) is 5.36. The molecule has 1 fully saturated rings. The first-order chi connectivity index (χ1) is 8.63. The van der Waals surface area contributed by atoms with E-state index in [1.165, 1.54) is 43.2 Å². The minimum atomic E-state index is 0.0419. The minimum absolute atomic E-state index is 0.0419. The summed E-state index contributed by atoms with van der Waals surface area (Å²) in [6, 6.07) is 8.48. The number of benzene rings is 1. The Labute approximate surface area is 111 Å². The fourth-order valence-electron chi connectivity index (χ4n) is 2.33. The lowest BCUT2D eigenvalue weighted by atomic mass is 9.86. The van der Waals surface area contributed by atoms with E-state index in [-0.39, 0.29) is 6.10 Å². The maximum Gasteiger partial charge on any atom is 0.0927 e. The van der Waals surface area contributed by atoms with Crippen LogP contribution in [0.3, 0.4) is 0 Å². The zero-order chi connectivity index (χ0) is 13.4. The van der Waals surface area contributed by atoms with Gasteiger partial charge in [0, 0.05) is 0 Å². The molecule has 1 aliphatic carbocycles. The average molecular weight is 250 g/mol. The average Bonchev–Trinajstić information content (AvgIpc) is 2.43. The summed E-state index contributed by atoms with van der Waals surface area (Å²) in [5.41, 5.74) is 2.66. The van der Waals surface area contributed by atoms with Crippen molar-refractivity contribution in [2.24, 2.45) is 5.92 Å². The second kappa shape index (κ2) is 8.28. The van der Waals surface area contributed by atoms with E-state index in [1.807, 2.05) is 6.92 Å². The highest BCUT2D eigenvalue weighted by atomic mass is 17.1. The van der Waals surface area contributed by atoms with Gasteiger partial charge in [0.1, 0.15) is 0 Å². The van der Waals surface area contributed by atoms with Gasteiger partial charge in [-0.05, 0) is 39.5 Å². The van der Waals surface area contributed by atoms with Crippen molar-refractivity contribution < 1.29 is 10.1 Å². The molecule has 0 bridgehead atoms. The fourth-order valence-corrected chi connectivity index (χ4v) is 2.33. The molecule has 1 aromatic carbocycles. The van der Waals surface area contributed by atoms with E-state index in [0.29, 0.717) is 5.92 Å². The molecule has 1 N–H and O–H groups in total. The molecule has 18 heavy (non-hydrogen) atoms. The van der Waals surface area contributed by atoms with Gasteiger partial charge in [-0.15, -0.1) is 0 Å². The van der Waals surface area contributed by atoms with Gasteiger partial charge in [0.15, 0.2) is 0 Å². The van der Waals surface area contributed by atoms with Gasteiger partial charge in [-0.1, -0.05) is 54.7 Å². The molecule has 0 heterocycles. The standard InChI is InChI=1S/C8H16O2.C8H10/c1-7(10-9)8-5-3-2-4-6-8;1-7-3-5-8(2)6-4-7/h7-9H,2-6H2,1H3;3-6H,1-2H3. The Bertz CT molecular complexity index is 291. The van der Waals surface area contributed by atoms with Crippen molar-refractivity contribution in [2.75, 3.05) is 0 Å². The molecular formula is C16H26O2. The van der Waals surface area contributed by atoms with E-state index in [0.717, 1.165) is 0 Å². The first-order valence-corrected chi connectivity index (χ1v) is 6.97. The maximum atomic E-state index is 8.39. The second-order valence-electron chi connectivity index (χ2n) is 5.36. The molecule has 1 atom stereocenters. The van der Waals surface area contributed by atoms with Crippen LogP contribution in [0, 0.1) is 19.8 Å². The molecule has 0 aromatic heterocycles. The summed E-state index contributed by atoms with van der Waals surface area (Å²) >= 11 is 0. The van der Waals surface area contributed by atoms with Gasteiger partial charge in [0.2, 0.25) is 0 Å². The molecular weight excluding hydrogens is 224 g/mol. The molecule has 2 rings (SSSR count). The molecule has 0 aliphatic heterocycles. The summed E-state index contributed by atoms with van der Waals surface area (Å²) < 4.78 is 0. The van der Waals surface area contributed by atoms with Crippen LogP contribution in [0.15, 0.2) is 24.3 Å². The van der Waals surface area contributed by atoms with E-state index < -0.39 is 0 Å². The largest absolute Gasteiger partial charge is 0.252 e. The van der Waals surface area contributed by atoms with Crippen LogP contribution in [-0.4, -0.2) is 11.4 Å². The smallest absolute Gasteiger partial charge is 0.0927 e. The maximum absolute atomic E-state index is 8.39. The van der Waals surface area contributed by atoms with Gasteiger partial charge in [-0.25, -0.2) is 4.89 Å². The Morgan fingerprint density at radius 1 is 1.00 bits per heavy atom. The van der Waals surface area contributed by atoms with Crippen molar-refractivity contribution in [3.8, 4) is 0 Å². The monoisotopic (exact) mass is 250 g/mol. The summed E-state index contributed by atoms with van der Waals surface area (Å²) in [6.07, 6.45) is 6.45. The molecule has 0 saturated heterocycles. The molecule has 1 unspecified atom stereocenters. The molecule has 1 aliphatic rings. The molecule has 0 amide bonds. The first-order valence-electron chi connectivity index (χ1n) is 6.97. The summed E-state index contributed by atoms with van der Waals surface area (Å²) in [4.78, 5) is 4.29. The molecule has 2 nitrogen and oxygen atoms in total. The van der Waals surface area contributed by atoms with Crippen molar-refractivity contribution in [1.29, 1.82) is 0 Å². The topological polar surface area (TPSA) is 29.5 Å². The molecule has 2 heteroatoms. The van der Waals surface area contributed by atoms with Gasteiger partial charge >= 0.3 is 0 Å². The Hall–Kier alpha value is -0.860. The third-order valence-corrected chi connectivity index (χ3v) is 3.70. The lowest BCUT2D eigenvalue weighted by Crippen LogP contribution is -2.21. The molecule has 0 radical (unpaired) electrons. The zero-order valence-corrected chi connectivity index (χ0v) is 11.9. The predicted molar refractivity (Wildman–Crippen MR) is 75.7 cm³/mol. The van der Waals surface area contributed by atoms with Crippen molar-refractivity contribution >= 4 is 0 Å². The zero-order valence-electron chi connectivity index (χ0n) is 11.9. The quantitative estimate of drug-likeness (QED) is 0.606. The van der Waals surface area contributed by atoms with Gasteiger partial charge < -0.3 is 0 Å². The SMILES string of the molecule is CC(OO)C1CCCCC1.Cc1ccc(C)cc1. The van der Waals surface area contributed by atoms with Crippen molar-refractivity contribution in [2.45, 2.75) is 59.0 Å². The molecule has 1 aromatic rings. The number of rotatable bonds is 2. The molecule has 102 valence electrons. The summed E-state index contributed by atoms with van der Waals surface area (Å²) in [7, 11) is 0. The summed E-state index contributed by atoms with van der Waals surface area (Å²) in [6.45, 7) is 6.13. The van der Waals surface area contributed by atoms with Crippen LogP contribution in [0.4, 0.5) is 0 Å². The van der Waals surface area contributed by atoms with Crippen LogP contribution in [0.1, 0.15) is 50.2 Å². The Balaban J connectivity index is 0.000000184. The van der Waals surface area contributed by atoms with Crippen LogP contribution >= 0.6 is 0 Å². The van der Waals surface area contributed by atoms with E-state index in [9.17, 15) is 0 Å². The van der Waals surface area contributed by atoms with E-state index in [2.05, 4.69) is 43.0 Å². The minimum Gasteiger partial charge on any atom is -0.252 e. The van der Waals surface area contributed by atoms with Gasteiger partial charge in [-0.3, -0.25) is 5.26 Å². The van der Waals surface area contributed by atoms with Gasteiger partial charge in [0.25, 0.3) is 0 Å². The van der Waals surface area contributed by atoms with Crippen LogP contribution in [-0.2, 0) is 4.89 Å². The first kappa shape index (κ1) is 15.2. The highest BCUT2D eigenvalue weighted by Gasteiger charge is 2.20. The van der Waals surface area contributed by atoms with Crippen LogP contribution < -0.4 is 0 Å². The van der Waals surface area contributed by atoms with Crippen LogP contribution in [0.2, 0.25) is 0 Å². The summed E-state index contributed by atoms with van der Waals surface area (Å²) in [5, 5.41) is 8.39. The van der Waals surface area contributed by atoms with Crippen LogP contribution in [0.25, 0.3) is 0 Å². The Morgan fingerprint density at radius 3 is 1.83 bits per heavy atom. The van der Waals surface area contributed by atoms with E-state index in [4.69, 9.17) is 5.26 Å². The highest BCUT2D eigenvalue weighted by molar-refractivity contribution is 5.19. The van der Waals surface area contributed by atoms with E-state index >= 15 is 0 Å². The van der Waals surface area contributed by atoms with Gasteiger partial charge in [-0.2, -0.15) is 0 Å². The third-order valence-electron chi connectivity index (χ3n) is 3.70. The molecule has 1 saturated carbocycles. The number of hydrogen-bond donors (Lipinski definition) is 1. The van der Waals surface area contributed by atoms with Crippen molar-refractivity contribution in [3.05, 3.63) is 35.4 Å². The third kappa shape index (κ3) is 5.65. The Morgan fingerprint density at radius 2 is 1.44 bits per heavy atom. The number of aryl methyl sites for hydroxylation is 2. The Kier molecular flexibility index (Phi) is 6.99. The lowest BCUT2D eigenvalue weighted by Gasteiger charge is -2.24. The highest BCUT2D eigenvalue weighted by Crippen LogP contribution is 2.27. The summed E-state index contributed by atoms with van der Waals surface area (Å²) in [5.74, 6) is 0.596. The molecule has 0 spiro atoms. The fraction of sp³-hybridized carbons (Fsp3) is 0.625. The van der Waals surface area contributed by atoms with Crippen molar-refractivity contribution in [1.82, 2.24) is 0 Å². The lowest BCUT2D eigenvalue weighted by molar-refractivity contribution is -0.286.